The van der Waals surface area contributed by atoms with Crippen LogP contribution in [0.15, 0.2) is 33.9 Å². The lowest BCUT2D eigenvalue weighted by Crippen LogP contribution is -2.31. The Labute approximate surface area is 180 Å². The number of imidazole rings is 1. The summed E-state index contributed by atoms with van der Waals surface area (Å²) in [6.45, 7) is 6.87. The van der Waals surface area contributed by atoms with Crippen molar-refractivity contribution in [3.8, 4) is 5.75 Å². The van der Waals surface area contributed by atoms with E-state index in [1.807, 2.05) is 30.7 Å². The molecule has 2 aromatic heterocycles. The minimum atomic E-state index is -0.405. The Hall–Kier alpha value is -2.58. The van der Waals surface area contributed by atoms with Gasteiger partial charge in [-0.25, -0.2) is 9.78 Å². The number of hydrogen-bond acceptors (Lipinski definition) is 5. The first-order chi connectivity index (χ1) is 14.4. The van der Waals surface area contributed by atoms with Crippen molar-refractivity contribution in [2.45, 2.75) is 46.3 Å². The molecule has 0 bridgehead atoms. The van der Waals surface area contributed by atoms with E-state index in [1.54, 1.807) is 16.7 Å². The molecular weight excluding hydrogens is 406 g/mol. The number of benzene rings is 1. The molecule has 9 heteroatoms. The highest BCUT2D eigenvalue weighted by molar-refractivity contribution is 6.30. The van der Waals surface area contributed by atoms with Gasteiger partial charge in [0, 0.05) is 24.7 Å². The van der Waals surface area contributed by atoms with Gasteiger partial charge in [-0.3, -0.25) is 19.2 Å². The van der Waals surface area contributed by atoms with Crippen LogP contribution in [0.4, 0.5) is 0 Å². The highest BCUT2D eigenvalue weighted by Gasteiger charge is 2.18. The van der Waals surface area contributed by atoms with Crippen molar-refractivity contribution in [3.05, 3.63) is 56.0 Å². The fourth-order valence-corrected chi connectivity index (χ4v) is 3.50. The van der Waals surface area contributed by atoms with Gasteiger partial charge < -0.3 is 9.30 Å². The van der Waals surface area contributed by atoms with Gasteiger partial charge in [-0.15, -0.1) is 0 Å². The zero-order valence-corrected chi connectivity index (χ0v) is 18.4. The van der Waals surface area contributed by atoms with Crippen molar-refractivity contribution in [3.63, 3.8) is 0 Å². The lowest BCUT2D eigenvalue weighted by molar-refractivity contribution is 0.228. The summed E-state index contributed by atoms with van der Waals surface area (Å²) in [6.07, 6.45) is 1.79. The van der Waals surface area contributed by atoms with Gasteiger partial charge in [-0.05, 0) is 44.7 Å². The third-order valence-electron chi connectivity index (χ3n) is 4.98. The number of nitrogens with zero attached hydrogens (tertiary/aromatic N) is 4. The third kappa shape index (κ3) is 4.94. The van der Waals surface area contributed by atoms with Crippen LogP contribution in [-0.2, 0) is 19.6 Å². The molecule has 2 heterocycles. The standard InChI is InChI=1S/C21H28ClN5O3/c1-4-6-11-27-19-18(20(28)24-21(27)29)26(5-2)17(23-19)14-25(3)12-13-30-16-9-7-15(22)8-10-16/h7-10H,4-6,11-14H2,1-3H3,(H,24,28,29). The van der Waals surface area contributed by atoms with Gasteiger partial charge in [0.1, 0.15) is 18.2 Å². The number of halogens is 1. The summed E-state index contributed by atoms with van der Waals surface area (Å²) in [7, 11) is 1.97. The molecule has 0 atom stereocenters. The number of nitrogens with one attached hydrogen (secondary N) is 1. The van der Waals surface area contributed by atoms with Crippen LogP contribution >= 0.6 is 11.6 Å². The van der Waals surface area contributed by atoms with E-state index in [9.17, 15) is 9.59 Å². The van der Waals surface area contributed by atoms with E-state index in [1.165, 1.54) is 0 Å². The van der Waals surface area contributed by atoms with E-state index >= 15 is 0 Å². The summed E-state index contributed by atoms with van der Waals surface area (Å²) in [5.74, 6) is 1.52. The van der Waals surface area contributed by atoms with Crippen LogP contribution in [0.3, 0.4) is 0 Å². The molecule has 0 amide bonds. The first-order valence-electron chi connectivity index (χ1n) is 10.2. The van der Waals surface area contributed by atoms with E-state index < -0.39 is 11.2 Å². The van der Waals surface area contributed by atoms with E-state index in [2.05, 4.69) is 21.8 Å². The molecule has 0 fully saturated rings. The molecule has 1 N–H and O–H groups in total. The first kappa shape index (κ1) is 22.1. The maximum atomic E-state index is 12.5. The third-order valence-corrected chi connectivity index (χ3v) is 5.23. The molecule has 0 spiro atoms. The van der Waals surface area contributed by atoms with Crippen LogP contribution in [-0.4, -0.2) is 44.2 Å². The molecular formula is C21H28ClN5O3. The van der Waals surface area contributed by atoms with Gasteiger partial charge in [0.15, 0.2) is 11.2 Å². The van der Waals surface area contributed by atoms with Crippen LogP contribution in [0.5, 0.6) is 5.75 Å². The van der Waals surface area contributed by atoms with Crippen LogP contribution in [0.1, 0.15) is 32.5 Å². The Kier molecular flexibility index (Phi) is 7.33. The number of unbranched alkanes of at least 4 members (excludes halogenated alkanes) is 1. The van der Waals surface area contributed by atoms with Gasteiger partial charge in [0.25, 0.3) is 5.56 Å². The van der Waals surface area contributed by atoms with E-state index in [4.69, 9.17) is 16.3 Å². The molecule has 30 heavy (non-hydrogen) atoms. The van der Waals surface area contributed by atoms with E-state index in [-0.39, 0.29) is 0 Å². The Balaban J connectivity index is 1.77. The minimum absolute atomic E-state index is 0.392. The molecule has 3 aromatic rings. The van der Waals surface area contributed by atoms with Gasteiger partial charge >= 0.3 is 5.69 Å². The largest absolute Gasteiger partial charge is 0.492 e. The van der Waals surface area contributed by atoms with E-state index in [0.717, 1.165) is 24.4 Å². The normalized spacial score (nSPS) is 11.5. The van der Waals surface area contributed by atoms with Gasteiger partial charge in [-0.1, -0.05) is 24.9 Å². The number of ether oxygens (including phenoxy) is 1. The summed E-state index contributed by atoms with van der Waals surface area (Å²) in [4.78, 5) is 34.0. The maximum absolute atomic E-state index is 12.5. The second-order valence-electron chi connectivity index (χ2n) is 7.25. The Morgan fingerprint density at radius 1 is 1.17 bits per heavy atom. The Bertz CT molecular complexity index is 1100. The monoisotopic (exact) mass is 433 g/mol. The summed E-state index contributed by atoms with van der Waals surface area (Å²) in [6, 6.07) is 7.25. The average molecular weight is 434 g/mol. The predicted octanol–water partition coefficient (Wildman–Crippen LogP) is 2.87. The Morgan fingerprint density at radius 3 is 2.57 bits per heavy atom. The lowest BCUT2D eigenvalue weighted by atomic mass is 10.3. The topological polar surface area (TPSA) is 85.2 Å². The number of aryl methyl sites for hydroxylation is 2. The number of H-pyrrole nitrogens is 1. The van der Waals surface area contributed by atoms with Gasteiger partial charge in [0.2, 0.25) is 0 Å². The highest BCUT2D eigenvalue weighted by Crippen LogP contribution is 2.16. The van der Waals surface area contributed by atoms with E-state index in [0.29, 0.717) is 49.0 Å². The smallest absolute Gasteiger partial charge is 0.330 e. The quantitative estimate of drug-likeness (QED) is 0.531. The SMILES string of the molecule is CCCCn1c(=O)[nH]c(=O)c2c1nc(CN(C)CCOc1ccc(Cl)cc1)n2CC. The molecule has 0 aliphatic carbocycles. The molecule has 162 valence electrons. The molecule has 0 aliphatic rings. The number of hydrogen-bond donors (Lipinski definition) is 1. The first-order valence-corrected chi connectivity index (χ1v) is 10.6. The van der Waals surface area contributed by atoms with Crippen LogP contribution in [0.25, 0.3) is 11.2 Å². The van der Waals surface area contributed by atoms with Crippen molar-refractivity contribution in [2.24, 2.45) is 0 Å². The van der Waals surface area contributed by atoms with Crippen molar-refractivity contribution in [1.29, 1.82) is 0 Å². The van der Waals surface area contributed by atoms with Crippen molar-refractivity contribution in [1.82, 2.24) is 24.0 Å². The lowest BCUT2D eigenvalue weighted by Gasteiger charge is -2.17. The van der Waals surface area contributed by atoms with Crippen LogP contribution < -0.4 is 16.0 Å². The molecule has 0 saturated heterocycles. The molecule has 3 rings (SSSR count). The molecule has 0 unspecified atom stereocenters. The average Bonchev–Trinajstić information content (AvgIpc) is 3.07. The number of likely N-dealkylation sites (N-methyl/N-ethyl adjacent to an activating group) is 1. The molecule has 0 aliphatic heterocycles. The van der Waals surface area contributed by atoms with Crippen molar-refractivity contribution >= 4 is 22.8 Å². The van der Waals surface area contributed by atoms with Crippen LogP contribution in [0.2, 0.25) is 5.02 Å². The second kappa shape index (κ2) is 9.95. The molecule has 8 nitrogen and oxygen atoms in total. The summed E-state index contributed by atoms with van der Waals surface area (Å²) < 4.78 is 9.21. The number of aromatic nitrogens is 4. The summed E-state index contributed by atoms with van der Waals surface area (Å²) in [5, 5.41) is 0.672. The highest BCUT2D eigenvalue weighted by atomic mass is 35.5. The number of fused-ring (bicyclic) bond motifs is 1. The summed E-state index contributed by atoms with van der Waals surface area (Å²) >= 11 is 5.89. The zero-order chi connectivity index (χ0) is 21.7. The van der Waals surface area contributed by atoms with Crippen molar-refractivity contribution < 1.29 is 4.74 Å². The zero-order valence-electron chi connectivity index (χ0n) is 17.7. The summed E-state index contributed by atoms with van der Waals surface area (Å²) in [5.41, 5.74) is 0.115. The van der Waals surface area contributed by atoms with Crippen molar-refractivity contribution in [2.75, 3.05) is 20.2 Å². The number of rotatable bonds is 10. The molecule has 0 radical (unpaired) electrons. The fraction of sp³-hybridized carbons (Fsp3) is 0.476. The second-order valence-corrected chi connectivity index (χ2v) is 7.69. The molecule has 1 aromatic carbocycles. The fourth-order valence-electron chi connectivity index (χ4n) is 3.37. The van der Waals surface area contributed by atoms with Crippen LogP contribution in [0, 0.1) is 0 Å². The predicted molar refractivity (Wildman–Crippen MR) is 118 cm³/mol. The Morgan fingerprint density at radius 2 is 1.90 bits per heavy atom. The van der Waals surface area contributed by atoms with Gasteiger partial charge in [0.05, 0.1) is 6.54 Å². The minimum Gasteiger partial charge on any atom is -0.492 e. The number of aromatic amines is 1. The maximum Gasteiger partial charge on any atom is 0.330 e. The van der Waals surface area contributed by atoms with Gasteiger partial charge in [-0.2, -0.15) is 0 Å². The molecule has 0 saturated carbocycles.